The van der Waals surface area contributed by atoms with Crippen molar-refractivity contribution in [2.24, 2.45) is 0 Å². The number of halogens is 1. The van der Waals surface area contributed by atoms with Gasteiger partial charge in [0.05, 0.1) is 9.72 Å². The lowest BCUT2D eigenvalue weighted by atomic mass is 10.2. The average molecular weight is 183 g/mol. The highest BCUT2D eigenvalue weighted by atomic mass is 35.5. The molecule has 0 amide bonds. The number of benzene rings is 1. The monoisotopic (exact) mass is 182 g/mol. The van der Waals surface area contributed by atoms with Gasteiger partial charge in [-0.1, -0.05) is 23.7 Å². The molecule has 1 aromatic carbocycles. The summed E-state index contributed by atoms with van der Waals surface area (Å²) in [5.41, 5.74) is 1.15. The molecule has 0 saturated heterocycles. The molecule has 0 aliphatic heterocycles. The third kappa shape index (κ3) is 1.05. The van der Waals surface area contributed by atoms with Crippen LogP contribution in [0.25, 0.3) is 10.1 Å². The molecule has 0 fully saturated rings. The Morgan fingerprint density at radius 1 is 1.27 bits per heavy atom. The molecule has 0 unspecified atom stereocenters. The Morgan fingerprint density at radius 2 is 2.09 bits per heavy atom. The van der Waals surface area contributed by atoms with Crippen LogP contribution in [0.4, 0.5) is 0 Å². The Morgan fingerprint density at radius 3 is 2.91 bits per heavy atom. The first-order valence-corrected chi connectivity index (χ1v) is 4.67. The number of hydrogen-bond donors (Lipinski definition) is 0. The van der Waals surface area contributed by atoms with Crippen molar-refractivity contribution in [3.05, 3.63) is 34.2 Å². The highest BCUT2D eigenvalue weighted by Gasteiger charge is 2.01. The summed E-state index contributed by atoms with van der Waals surface area (Å²) in [7, 11) is 0. The van der Waals surface area contributed by atoms with Crippen molar-refractivity contribution in [1.29, 1.82) is 0 Å². The number of aryl methyl sites for hydroxylation is 1. The lowest BCUT2D eigenvalue weighted by Crippen LogP contribution is -1.72. The molecule has 0 atom stereocenters. The van der Waals surface area contributed by atoms with Crippen LogP contribution in [-0.4, -0.2) is 0 Å². The van der Waals surface area contributed by atoms with Crippen molar-refractivity contribution < 1.29 is 0 Å². The van der Waals surface area contributed by atoms with E-state index in [1.165, 1.54) is 10.1 Å². The van der Waals surface area contributed by atoms with Crippen molar-refractivity contribution in [2.75, 3.05) is 0 Å². The Hall–Kier alpha value is -0.530. The summed E-state index contributed by atoms with van der Waals surface area (Å²) in [5.74, 6) is 0. The summed E-state index contributed by atoms with van der Waals surface area (Å²) in [6, 6.07) is 6.25. The van der Waals surface area contributed by atoms with E-state index in [1.807, 2.05) is 6.92 Å². The van der Waals surface area contributed by atoms with E-state index in [4.69, 9.17) is 11.6 Å². The van der Waals surface area contributed by atoms with Crippen molar-refractivity contribution in [2.45, 2.75) is 6.92 Å². The molecule has 0 spiro atoms. The number of thiophene rings is 1. The maximum absolute atomic E-state index is 6.08. The molecule has 1 aromatic heterocycles. The predicted octanol–water partition coefficient (Wildman–Crippen LogP) is 3.86. The van der Waals surface area contributed by atoms with Gasteiger partial charge < -0.3 is 0 Å². The minimum absolute atomic E-state index is 0.900. The standard InChI is InChI=1S/C9H7ClS/c1-6-2-3-7-4-5-11-9(7)8(6)10/h2-5H,1H3. The fourth-order valence-corrected chi connectivity index (χ4v) is 2.29. The van der Waals surface area contributed by atoms with Crippen molar-refractivity contribution >= 4 is 33.0 Å². The van der Waals surface area contributed by atoms with Crippen LogP contribution in [0.15, 0.2) is 23.6 Å². The topological polar surface area (TPSA) is 0 Å². The van der Waals surface area contributed by atoms with Gasteiger partial charge in [-0.05, 0) is 29.3 Å². The second-order valence-electron chi connectivity index (χ2n) is 2.54. The van der Waals surface area contributed by atoms with E-state index in [1.54, 1.807) is 11.3 Å². The Labute approximate surface area is 74.4 Å². The van der Waals surface area contributed by atoms with E-state index in [0.29, 0.717) is 0 Å². The van der Waals surface area contributed by atoms with Crippen molar-refractivity contribution in [3.8, 4) is 0 Å². The molecule has 2 aromatic rings. The van der Waals surface area contributed by atoms with Gasteiger partial charge in [-0.25, -0.2) is 0 Å². The van der Waals surface area contributed by atoms with Crippen LogP contribution in [0.1, 0.15) is 5.56 Å². The zero-order chi connectivity index (χ0) is 7.84. The molecule has 0 nitrogen and oxygen atoms in total. The van der Waals surface area contributed by atoms with Crippen molar-refractivity contribution in [3.63, 3.8) is 0 Å². The maximum Gasteiger partial charge on any atom is 0.0613 e. The molecule has 0 radical (unpaired) electrons. The Bertz CT molecular complexity index is 389. The molecule has 11 heavy (non-hydrogen) atoms. The van der Waals surface area contributed by atoms with Gasteiger partial charge in [0.2, 0.25) is 0 Å². The fourth-order valence-electron chi connectivity index (χ4n) is 1.10. The van der Waals surface area contributed by atoms with E-state index in [0.717, 1.165) is 10.6 Å². The summed E-state index contributed by atoms with van der Waals surface area (Å²) >= 11 is 7.77. The number of hydrogen-bond acceptors (Lipinski definition) is 1. The van der Waals surface area contributed by atoms with Crippen LogP contribution in [0.2, 0.25) is 5.02 Å². The van der Waals surface area contributed by atoms with Crippen molar-refractivity contribution in [1.82, 2.24) is 0 Å². The number of fused-ring (bicyclic) bond motifs is 1. The minimum atomic E-state index is 0.900. The smallest absolute Gasteiger partial charge is 0.0613 e. The molecule has 2 rings (SSSR count). The van der Waals surface area contributed by atoms with Gasteiger partial charge in [-0.15, -0.1) is 11.3 Å². The largest absolute Gasteiger partial charge is 0.142 e. The average Bonchev–Trinajstić information content (AvgIpc) is 2.45. The van der Waals surface area contributed by atoms with Gasteiger partial charge in [-0.2, -0.15) is 0 Å². The van der Waals surface area contributed by atoms with Gasteiger partial charge in [0, 0.05) is 0 Å². The molecular formula is C9H7ClS. The van der Waals surface area contributed by atoms with Crippen LogP contribution < -0.4 is 0 Å². The van der Waals surface area contributed by atoms with Crippen LogP contribution in [0, 0.1) is 6.92 Å². The summed E-state index contributed by atoms with van der Waals surface area (Å²) in [6.45, 7) is 2.03. The lowest BCUT2D eigenvalue weighted by molar-refractivity contribution is 1.52. The number of rotatable bonds is 0. The fraction of sp³-hybridized carbons (Fsp3) is 0.111. The summed E-state index contributed by atoms with van der Waals surface area (Å²) in [6.07, 6.45) is 0. The second kappa shape index (κ2) is 2.50. The zero-order valence-electron chi connectivity index (χ0n) is 6.10. The van der Waals surface area contributed by atoms with E-state index < -0.39 is 0 Å². The first kappa shape index (κ1) is 7.14. The van der Waals surface area contributed by atoms with Gasteiger partial charge >= 0.3 is 0 Å². The van der Waals surface area contributed by atoms with Crippen LogP contribution in [-0.2, 0) is 0 Å². The quantitative estimate of drug-likeness (QED) is 0.581. The highest BCUT2D eigenvalue weighted by molar-refractivity contribution is 7.17. The minimum Gasteiger partial charge on any atom is -0.142 e. The van der Waals surface area contributed by atoms with E-state index in [-0.39, 0.29) is 0 Å². The summed E-state index contributed by atoms with van der Waals surface area (Å²) in [4.78, 5) is 0. The first-order chi connectivity index (χ1) is 5.29. The second-order valence-corrected chi connectivity index (χ2v) is 3.83. The van der Waals surface area contributed by atoms with Crippen LogP contribution >= 0.6 is 22.9 Å². The molecule has 1 heterocycles. The van der Waals surface area contributed by atoms with E-state index in [9.17, 15) is 0 Å². The lowest BCUT2D eigenvalue weighted by Gasteiger charge is -1.96. The molecule has 0 N–H and O–H groups in total. The van der Waals surface area contributed by atoms with Gasteiger partial charge in [0.1, 0.15) is 0 Å². The third-order valence-electron chi connectivity index (χ3n) is 1.75. The normalized spacial score (nSPS) is 10.7. The highest BCUT2D eigenvalue weighted by Crippen LogP contribution is 2.30. The van der Waals surface area contributed by atoms with E-state index >= 15 is 0 Å². The SMILES string of the molecule is Cc1ccc2ccsc2c1Cl. The van der Waals surface area contributed by atoms with Crippen LogP contribution in [0.5, 0.6) is 0 Å². The maximum atomic E-state index is 6.08. The third-order valence-corrected chi connectivity index (χ3v) is 3.30. The zero-order valence-corrected chi connectivity index (χ0v) is 7.67. The Kier molecular flexibility index (Phi) is 1.63. The van der Waals surface area contributed by atoms with Gasteiger partial charge in [-0.3, -0.25) is 0 Å². The molecule has 0 bridgehead atoms. The van der Waals surface area contributed by atoms with Gasteiger partial charge in [0.15, 0.2) is 0 Å². The van der Waals surface area contributed by atoms with Crippen LogP contribution in [0.3, 0.4) is 0 Å². The first-order valence-electron chi connectivity index (χ1n) is 3.41. The van der Waals surface area contributed by atoms with Gasteiger partial charge in [0.25, 0.3) is 0 Å². The molecule has 0 saturated carbocycles. The summed E-state index contributed by atoms with van der Waals surface area (Å²) in [5, 5.41) is 4.21. The van der Waals surface area contributed by atoms with E-state index in [2.05, 4.69) is 23.6 Å². The molecule has 56 valence electrons. The Balaban J connectivity index is 2.93. The molecule has 2 heteroatoms. The summed E-state index contributed by atoms with van der Waals surface area (Å²) < 4.78 is 1.20. The molecular weight excluding hydrogens is 176 g/mol. The predicted molar refractivity (Wildman–Crippen MR) is 51.6 cm³/mol. The molecule has 0 aliphatic rings. The molecule has 0 aliphatic carbocycles.